The van der Waals surface area contributed by atoms with Crippen molar-refractivity contribution in [2.45, 2.75) is 45.3 Å². The Hall–Kier alpha value is -3.56. The van der Waals surface area contributed by atoms with Gasteiger partial charge in [0.1, 0.15) is 18.3 Å². The van der Waals surface area contributed by atoms with Crippen LogP contribution in [0, 0.1) is 0 Å². The number of anilines is 1. The van der Waals surface area contributed by atoms with Crippen molar-refractivity contribution in [2.75, 3.05) is 24.2 Å². The fourth-order valence-corrected chi connectivity index (χ4v) is 5.26. The number of rotatable bonds is 11. The number of sulfonamides is 1. The van der Waals surface area contributed by atoms with Crippen LogP contribution in [0.4, 0.5) is 5.69 Å². The van der Waals surface area contributed by atoms with Gasteiger partial charge in [0, 0.05) is 23.5 Å². The van der Waals surface area contributed by atoms with E-state index in [1.165, 1.54) is 12.0 Å². The summed E-state index contributed by atoms with van der Waals surface area (Å²) in [5, 5.41) is 3.48. The minimum Gasteiger partial charge on any atom is -0.497 e. The molecule has 1 atom stereocenters. The SMILES string of the molecule is COc1ccc(N(CC(=O)N(Cc2cccc(Cl)c2)[C@H](Cc2ccccc2)C(=O)NC(C)(C)C)S(C)(=O)=O)cc1. The van der Waals surface area contributed by atoms with Gasteiger partial charge in [0.15, 0.2) is 0 Å². The maximum absolute atomic E-state index is 14.1. The van der Waals surface area contributed by atoms with Crippen molar-refractivity contribution in [3.8, 4) is 5.75 Å². The van der Waals surface area contributed by atoms with Crippen LogP contribution in [0.2, 0.25) is 5.02 Å². The van der Waals surface area contributed by atoms with Crippen LogP contribution in [-0.2, 0) is 32.6 Å². The summed E-state index contributed by atoms with van der Waals surface area (Å²) in [6.07, 6.45) is 1.27. The highest BCUT2D eigenvalue weighted by Crippen LogP contribution is 2.23. The highest BCUT2D eigenvalue weighted by Gasteiger charge is 2.34. The number of benzene rings is 3. The van der Waals surface area contributed by atoms with Crippen molar-refractivity contribution in [1.29, 1.82) is 0 Å². The van der Waals surface area contributed by atoms with E-state index in [4.69, 9.17) is 16.3 Å². The van der Waals surface area contributed by atoms with Crippen LogP contribution < -0.4 is 14.4 Å². The molecule has 1 N–H and O–H groups in total. The zero-order valence-corrected chi connectivity index (χ0v) is 25.0. The maximum Gasteiger partial charge on any atom is 0.244 e. The van der Waals surface area contributed by atoms with Gasteiger partial charge < -0.3 is 15.0 Å². The van der Waals surface area contributed by atoms with E-state index in [-0.39, 0.29) is 18.9 Å². The number of hydrogen-bond donors (Lipinski definition) is 1. The lowest BCUT2D eigenvalue weighted by Gasteiger charge is -2.35. The molecule has 0 fully saturated rings. The molecule has 3 rings (SSSR count). The fourth-order valence-electron chi connectivity index (χ4n) is 4.20. The molecule has 3 aromatic carbocycles. The Labute approximate surface area is 241 Å². The van der Waals surface area contributed by atoms with Gasteiger partial charge in [-0.1, -0.05) is 54.1 Å². The number of hydrogen-bond acceptors (Lipinski definition) is 5. The molecule has 214 valence electrons. The van der Waals surface area contributed by atoms with E-state index >= 15 is 0 Å². The van der Waals surface area contributed by atoms with Crippen LogP contribution in [-0.4, -0.2) is 56.6 Å². The molecule has 0 aliphatic carbocycles. The Morgan fingerprint density at radius 2 is 1.57 bits per heavy atom. The molecule has 0 saturated carbocycles. The van der Waals surface area contributed by atoms with Crippen molar-refractivity contribution in [3.63, 3.8) is 0 Å². The van der Waals surface area contributed by atoms with E-state index in [9.17, 15) is 18.0 Å². The van der Waals surface area contributed by atoms with Crippen molar-refractivity contribution < 1.29 is 22.7 Å². The Morgan fingerprint density at radius 1 is 0.950 bits per heavy atom. The van der Waals surface area contributed by atoms with Gasteiger partial charge in [-0.05, 0) is 68.3 Å². The first-order valence-corrected chi connectivity index (χ1v) is 15.0. The fraction of sp³-hybridized carbons (Fsp3) is 0.333. The number of halogens is 1. The molecule has 0 spiro atoms. The van der Waals surface area contributed by atoms with Crippen molar-refractivity contribution in [1.82, 2.24) is 10.2 Å². The summed E-state index contributed by atoms with van der Waals surface area (Å²) >= 11 is 6.24. The van der Waals surface area contributed by atoms with E-state index in [1.54, 1.807) is 42.5 Å². The van der Waals surface area contributed by atoms with Gasteiger partial charge in [-0.3, -0.25) is 13.9 Å². The van der Waals surface area contributed by atoms with Crippen molar-refractivity contribution >= 4 is 39.1 Å². The number of ether oxygens (including phenoxy) is 1. The van der Waals surface area contributed by atoms with Gasteiger partial charge in [-0.15, -0.1) is 0 Å². The third-order valence-electron chi connectivity index (χ3n) is 6.05. The standard InChI is InChI=1S/C30H36ClN3O5S/c1-30(2,3)32-29(36)27(19-22-10-7-6-8-11-22)33(20-23-12-9-13-24(31)18-23)28(35)21-34(40(5,37)38)25-14-16-26(39-4)17-15-25/h6-18,27H,19-21H2,1-5H3,(H,32,36)/t27-/m1/s1. The first kappa shape index (κ1) is 31.0. The monoisotopic (exact) mass is 585 g/mol. The van der Waals surface area contributed by atoms with E-state index in [1.807, 2.05) is 57.2 Å². The first-order valence-electron chi connectivity index (χ1n) is 12.8. The number of amides is 2. The maximum atomic E-state index is 14.1. The average molecular weight is 586 g/mol. The quantitative estimate of drug-likeness (QED) is 0.353. The highest BCUT2D eigenvalue weighted by atomic mass is 35.5. The molecule has 3 aromatic rings. The molecule has 0 aliphatic heterocycles. The van der Waals surface area contributed by atoms with Crippen molar-refractivity contribution in [3.05, 3.63) is 95.0 Å². The van der Waals surface area contributed by atoms with Gasteiger partial charge >= 0.3 is 0 Å². The molecule has 10 heteroatoms. The molecule has 0 unspecified atom stereocenters. The highest BCUT2D eigenvalue weighted by molar-refractivity contribution is 7.92. The lowest BCUT2D eigenvalue weighted by molar-refractivity contribution is -0.140. The van der Waals surface area contributed by atoms with E-state index in [2.05, 4.69) is 5.32 Å². The molecule has 0 radical (unpaired) electrons. The number of methoxy groups -OCH3 is 1. The van der Waals surface area contributed by atoms with Crippen LogP contribution in [0.5, 0.6) is 5.75 Å². The second kappa shape index (κ2) is 13.2. The minimum atomic E-state index is -3.86. The molecule has 8 nitrogen and oxygen atoms in total. The molecule has 0 aromatic heterocycles. The lowest BCUT2D eigenvalue weighted by Crippen LogP contribution is -2.56. The molecular formula is C30H36ClN3O5S. The van der Waals surface area contributed by atoms with E-state index < -0.39 is 34.1 Å². The van der Waals surface area contributed by atoms with Gasteiger partial charge in [0.05, 0.1) is 19.1 Å². The number of carbonyl (C=O) groups is 2. The minimum absolute atomic E-state index is 0.0503. The summed E-state index contributed by atoms with van der Waals surface area (Å²) in [6, 6.07) is 21.9. The molecule has 0 aliphatic rings. The summed E-state index contributed by atoms with van der Waals surface area (Å²) in [5.74, 6) is -0.332. The predicted octanol–water partition coefficient (Wildman–Crippen LogP) is 4.67. The second-order valence-corrected chi connectivity index (χ2v) is 12.9. The molecular weight excluding hydrogens is 550 g/mol. The van der Waals surface area contributed by atoms with Gasteiger partial charge in [0.2, 0.25) is 21.8 Å². The Bertz CT molecular complexity index is 1410. The smallest absolute Gasteiger partial charge is 0.244 e. The second-order valence-electron chi connectivity index (χ2n) is 10.6. The molecule has 0 heterocycles. The summed E-state index contributed by atoms with van der Waals surface area (Å²) in [5.41, 5.74) is 1.31. The number of nitrogens with zero attached hydrogens (tertiary/aromatic N) is 2. The van der Waals surface area contributed by atoms with Crippen LogP contribution in [0.3, 0.4) is 0 Å². The topological polar surface area (TPSA) is 96.0 Å². The Balaban J connectivity index is 2.06. The Morgan fingerprint density at radius 3 is 2.12 bits per heavy atom. The van der Waals surface area contributed by atoms with Gasteiger partial charge in [-0.2, -0.15) is 0 Å². The number of carbonyl (C=O) groups excluding carboxylic acids is 2. The third kappa shape index (κ3) is 8.99. The first-order chi connectivity index (χ1) is 18.8. The largest absolute Gasteiger partial charge is 0.497 e. The normalized spacial score (nSPS) is 12.3. The van der Waals surface area contributed by atoms with Crippen LogP contribution in [0.1, 0.15) is 31.9 Å². The van der Waals surface area contributed by atoms with E-state index in [0.717, 1.165) is 16.1 Å². The van der Waals surface area contributed by atoms with Crippen molar-refractivity contribution in [2.24, 2.45) is 0 Å². The number of nitrogens with one attached hydrogen (secondary N) is 1. The van der Waals surface area contributed by atoms with Gasteiger partial charge in [-0.25, -0.2) is 8.42 Å². The molecule has 0 bridgehead atoms. The predicted molar refractivity (Wildman–Crippen MR) is 159 cm³/mol. The van der Waals surface area contributed by atoms with Crippen LogP contribution in [0.25, 0.3) is 0 Å². The lowest BCUT2D eigenvalue weighted by atomic mass is 10.0. The zero-order valence-electron chi connectivity index (χ0n) is 23.4. The third-order valence-corrected chi connectivity index (χ3v) is 7.43. The zero-order chi connectivity index (χ0) is 29.5. The summed E-state index contributed by atoms with van der Waals surface area (Å²) in [6.45, 7) is 5.14. The molecule has 0 saturated heterocycles. The summed E-state index contributed by atoms with van der Waals surface area (Å²) < 4.78 is 31.9. The summed E-state index contributed by atoms with van der Waals surface area (Å²) in [7, 11) is -2.35. The van der Waals surface area contributed by atoms with Crippen LogP contribution >= 0.6 is 11.6 Å². The summed E-state index contributed by atoms with van der Waals surface area (Å²) in [4.78, 5) is 29.2. The Kier molecular flexibility index (Phi) is 10.2. The van der Waals surface area contributed by atoms with Gasteiger partial charge in [0.25, 0.3) is 0 Å². The molecule has 2 amide bonds. The van der Waals surface area contributed by atoms with Crippen LogP contribution in [0.15, 0.2) is 78.9 Å². The van der Waals surface area contributed by atoms with E-state index in [0.29, 0.717) is 22.0 Å². The molecule has 40 heavy (non-hydrogen) atoms. The average Bonchev–Trinajstić information content (AvgIpc) is 2.88.